The topological polar surface area (TPSA) is 364 Å². The number of nitrogens with two attached hydrogens (primary N) is 1. The number of carbonyl (C=O) groups excluding carboxylic acids is 3. The van der Waals surface area contributed by atoms with Gasteiger partial charge in [0.2, 0.25) is 11.8 Å². The predicted octanol–water partition coefficient (Wildman–Crippen LogP) is 1.67. The molecule has 28 heteroatoms. The second-order valence-corrected chi connectivity index (χ2v) is 20.6. The molecule has 3 heterocycles. The molecule has 1 aliphatic rings. The Bertz CT molecular complexity index is 2180. The Morgan fingerprint density at radius 3 is 2.29 bits per heavy atom. The highest BCUT2D eigenvalue weighted by atomic mass is 32.2. The highest BCUT2D eigenvalue weighted by Crippen LogP contribution is 2.61. The number of rotatable bonds is 23. The van der Waals surface area contributed by atoms with Crippen molar-refractivity contribution in [3.8, 4) is 0 Å². The minimum Gasteiger partial charge on any atom is -0.386 e. The summed E-state index contributed by atoms with van der Waals surface area (Å²) in [5, 5.41) is 26.5. The van der Waals surface area contributed by atoms with E-state index in [2.05, 4.69) is 48.3 Å². The van der Waals surface area contributed by atoms with Gasteiger partial charge in [-0.25, -0.2) is 28.6 Å². The monoisotopic (exact) mass is 955 g/mol. The van der Waals surface area contributed by atoms with Gasteiger partial charge in [-0.1, -0.05) is 70.6 Å². The smallest absolute Gasteiger partial charge is 0.386 e. The number of hydrogen-bond donors (Lipinski definition) is 9. The van der Waals surface area contributed by atoms with E-state index < -0.39 is 84.6 Å². The average Bonchev–Trinajstić information content (AvgIpc) is 3.74. The number of benzene rings is 1. The minimum atomic E-state index is -5.58. The van der Waals surface area contributed by atoms with Crippen LogP contribution in [0.5, 0.6) is 0 Å². The van der Waals surface area contributed by atoms with E-state index in [1.165, 1.54) is 19.4 Å². The van der Waals surface area contributed by atoms with Crippen molar-refractivity contribution in [1.29, 1.82) is 0 Å². The van der Waals surface area contributed by atoms with Crippen LogP contribution in [0.4, 0.5) is 5.82 Å². The van der Waals surface area contributed by atoms with Gasteiger partial charge in [-0.3, -0.25) is 32.5 Å². The van der Waals surface area contributed by atoms with Gasteiger partial charge in [-0.15, -0.1) is 0 Å². The van der Waals surface area contributed by atoms with Crippen LogP contribution in [0.25, 0.3) is 11.2 Å². The summed E-state index contributed by atoms with van der Waals surface area (Å²) in [5.41, 5.74) is 6.36. The van der Waals surface area contributed by atoms with Crippen LogP contribution in [0.15, 0.2) is 36.9 Å². The molecule has 1 saturated heterocycles. The van der Waals surface area contributed by atoms with Crippen molar-refractivity contribution in [2.45, 2.75) is 84.0 Å². The summed E-state index contributed by atoms with van der Waals surface area (Å²) in [6, 6.07) is 7.93. The van der Waals surface area contributed by atoms with Crippen LogP contribution in [-0.4, -0.2) is 123 Å². The molecule has 3 unspecified atom stereocenters. The fourth-order valence-electron chi connectivity index (χ4n) is 5.96. The van der Waals surface area contributed by atoms with Crippen molar-refractivity contribution in [2.24, 2.45) is 11.3 Å². The van der Waals surface area contributed by atoms with Crippen LogP contribution >= 0.6 is 35.2 Å². The Hall–Kier alpha value is -3.22. The van der Waals surface area contributed by atoms with E-state index in [1.807, 2.05) is 31.2 Å². The maximum atomic E-state index is 12.7. The van der Waals surface area contributed by atoms with Crippen molar-refractivity contribution in [1.82, 2.24) is 30.2 Å². The number of aliphatic hydroxyl groups excluding tert-OH is 2. The first-order valence-electron chi connectivity index (χ1n) is 18.9. The first-order valence-corrected chi connectivity index (χ1v) is 24.4. The normalized spacial score (nSPS) is 21.3. The second kappa shape index (κ2) is 21.6. The number of ether oxygens (including phenoxy) is 1. The quantitative estimate of drug-likeness (QED) is 0.0482. The molecule has 2 aromatic heterocycles. The van der Waals surface area contributed by atoms with Gasteiger partial charge in [0, 0.05) is 30.7 Å². The maximum absolute atomic E-state index is 12.7. The average molecular weight is 956 g/mol. The van der Waals surface area contributed by atoms with Crippen LogP contribution in [0.3, 0.4) is 0 Å². The number of carbonyl (C=O) groups is 3. The lowest BCUT2D eigenvalue weighted by Crippen LogP contribution is -2.46. The molecule has 10 N–H and O–H groups in total. The van der Waals surface area contributed by atoms with Gasteiger partial charge in [0.25, 0.3) is 0 Å². The molecule has 0 saturated carbocycles. The van der Waals surface area contributed by atoms with E-state index in [4.69, 9.17) is 19.5 Å². The Morgan fingerprint density at radius 2 is 1.65 bits per heavy atom. The second-order valence-electron chi connectivity index (χ2n) is 15.3. The maximum Gasteiger partial charge on any atom is 0.481 e. The lowest BCUT2D eigenvalue weighted by atomic mass is 9.87. The summed E-state index contributed by atoms with van der Waals surface area (Å²) in [4.78, 5) is 88.8. The number of phosphoric acid groups is 3. The third-order valence-electron chi connectivity index (χ3n) is 9.22. The van der Waals surface area contributed by atoms with E-state index >= 15 is 0 Å². The van der Waals surface area contributed by atoms with Gasteiger partial charge < -0.3 is 50.9 Å². The van der Waals surface area contributed by atoms with E-state index in [-0.39, 0.29) is 47.5 Å². The summed E-state index contributed by atoms with van der Waals surface area (Å²) >= 11 is 1.09. The molecule has 0 aliphatic carbocycles. The molecule has 0 bridgehead atoms. The number of amides is 2. The minimum absolute atomic E-state index is 0.0297. The molecular weight excluding hydrogens is 903 g/mol. The third kappa shape index (κ3) is 14.9. The van der Waals surface area contributed by atoms with Gasteiger partial charge in [-0.2, -0.15) is 4.31 Å². The molecule has 8 atom stereocenters. The first-order chi connectivity index (χ1) is 28.8. The van der Waals surface area contributed by atoms with Crippen molar-refractivity contribution in [3.63, 3.8) is 0 Å². The Kier molecular flexibility index (Phi) is 17.9. The first kappa shape index (κ1) is 51.4. The van der Waals surface area contributed by atoms with Crippen molar-refractivity contribution in [3.05, 3.63) is 48.0 Å². The SMILES string of the molecule is CC(C)Cc1ccc([C@H](C)C(=O)SCCNC(=O)CCNC(=O)C(O)C(C)(C)COP(=O)(O)OP(=O)(O)OC[C@H]2O[C@@H](n3cnc4c(N)ncnc43)[C@H](O)[C@@H]2OP(=O)(O)O)cc1. The molecule has 3 aromatic rings. The molecule has 0 radical (unpaired) electrons. The van der Waals surface area contributed by atoms with Gasteiger partial charge in [0.05, 0.1) is 25.5 Å². The van der Waals surface area contributed by atoms with Crippen molar-refractivity contribution < 1.29 is 80.5 Å². The van der Waals surface area contributed by atoms with Crippen LogP contribution in [0.2, 0.25) is 0 Å². The molecular formula is C34H52N7O17P3S. The summed E-state index contributed by atoms with van der Waals surface area (Å²) < 4.78 is 62.3. The van der Waals surface area contributed by atoms with E-state index in [0.29, 0.717) is 11.7 Å². The van der Waals surface area contributed by atoms with E-state index in [0.717, 1.165) is 41.0 Å². The Morgan fingerprint density at radius 1 is 0.984 bits per heavy atom. The van der Waals surface area contributed by atoms with Gasteiger partial charge in [0.15, 0.2) is 22.8 Å². The molecule has 4 rings (SSSR count). The van der Waals surface area contributed by atoms with Crippen molar-refractivity contribution >= 4 is 69.1 Å². The number of fused-ring (bicyclic) bond motifs is 1. The number of aromatic nitrogens is 4. The molecule has 1 fully saturated rings. The Balaban J connectivity index is 1.19. The van der Waals surface area contributed by atoms with Gasteiger partial charge in [0.1, 0.15) is 36.3 Å². The van der Waals surface area contributed by atoms with E-state index in [9.17, 15) is 57.9 Å². The number of phosphoric ester groups is 3. The zero-order valence-corrected chi connectivity index (χ0v) is 37.7. The van der Waals surface area contributed by atoms with Crippen LogP contribution < -0.4 is 16.4 Å². The number of thioether (sulfide) groups is 1. The predicted molar refractivity (Wildman–Crippen MR) is 220 cm³/mol. The summed E-state index contributed by atoms with van der Waals surface area (Å²) in [6.45, 7) is 6.55. The highest BCUT2D eigenvalue weighted by Gasteiger charge is 2.50. The molecule has 0 spiro atoms. The molecule has 24 nitrogen and oxygen atoms in total. The number of nitrogens with zero attached hydrogens (tertiary/aromatic N) is 4. The van der Waals surface area contributed by atoms with Crippen molar-refractivity contribution in [2.75, 3.05) is 37.8 Å². The molecule has 346 valence electrons. The lowest BCUT2D eigenvalue weighted by Gasteiger charge is -2.30. The molecule has 1 aliphatic heterocycles. The summed E-state index contributed by atoms with van der Waals surface area (Å²) in [7, 11) is -16.4. The summed E-state index contributed by atoms with van der Waals surface area (Å²) in [5.74, 6) is -0.954. The molecule has 62 heavy (non-hydrogen) atoms. The standard InChI is InChI=1S/C34H52N7O17P3S/c1-19(2)14-21-6-8-22(9-7-21)20(3)33(46)62-13-12-36-24(42)10-11-37-31(45)28(44)34(4,5)16-55-61(52,53)58-60(50,51)54-15-23-27(57-59(47,48)49)26(43)32(56-23)41-18-40-25-29(35)38-17-39-30(25)41/h6-9,17-20,23,26-28,32,43-44H,10-16H2,1-5H3,(H,36,42)(H,37,45)(H,50,51)(H,52,53)(H2,35,38,39)(H2,47,48,49)/t20-,23+,26+,27+,28?,32+/m0/s1. The number of imidazole rings is 1. The van der Waals surface area contributed by atoms with Gasteiger partial charge in [-0.05, 0) is 23.5 Å². The fraction of sp³-hybridized carbons (Fsp3) is 0.588. The van der Waals surface area contributed by atoms with Crippen LogP contribution in [0, 0.1) is 11.3 Å². The zero-order valence-electron chi connectivity index (χ0n) is 34.2. The van der Waals surface area contributed by atoms with Gasteiger partial charge >= 0.3 is 23.5 Å². The van der Waals surface area contributed by atoms with Crippen LogP contribution in [-0.2, 0) is 57.1 Å². The van der Waals surface area contributed by atoms with E-state index in [1.54, 1.807) is 0 Å². The van der Waals surface area contributed by atoms with Crippen LogP contribution in [0.1, 0.15) is 64.3 Å². The summed E-state index contributed by atoms with van der Waals surface area (Å²) in [6.07, 6.45) is -6.00. The lowest BCUT2D eigenvalue weighted by molar-refractivity contribution is -0.137. The Labute approximate surface area is 360 Å². The molecule has 2 amide bonds. The number of nitrogen functional groups attached to an aromatic ring is 1. The molecule has 1 aromatic carbocycles. The number of aliphatic hydroxyl groups is 2. The fourth-order valence-corrected chi connectivity index (χ4v) is 9.58. The number of nitrogens with one attached hydrogen (secondary N) is 2. The third-order valence-corrected chi connectivity index (χ3v) is 13.4. The highest BCUT2D eigenvalue weighted by molar-refractivity contribution is 8.13. The largest absolute Gasteiger partial charge is 0.481 e. The number of anilines is 1. The number of hydrogen-bond acceptors (Lipinski definition) is 18. The zero-order chi connectivity index (χ0) is 46.2.